The first-order chi connectivity index (χ1) is 9.98. The molecule has 4 nitrogen and oxygen atoms in total. The van der Waals surface area contributed by atoms with Crippen LogP contribution in [-0.4, -0.2) is 41.9 Å². The van der Waals surface area contributed by atoms with Gasteiger partial charge in [0.05, 0.1) is 6.10 Å². The minimum Gasteiger partial charge on any atom is -0.508 e. The predicted octanol–water partition coefficient (Wildman–Crippen LogP) is 3.11. The Morgan fingerprint density at radius 3 is 2.67 bits per heavy atom. The number of aromatic hydroxyl groups is 1. The van der Waals surface area contributed by atoms with E-state index in [1.165, 1.54) is 5.56 Å². The third-order valence-electron chi connectivity index (χ3n) is 4.68. The zero-order valence-electron chi connectivity index (χ0n) is 13.1. The van der Waals surface area contributed by atoms with Gasteiger partial charge in [-0.2, -0.15) is 0 Å². The minimum absolute atomic E-state index is 0.205. The van der Waals surface area contributed by atoms with Gasteiger partial charge >= 0.3 is 0 Å². The number of fused-ring (bicyclic) bond motifs is 1. The van der Waals surface area contributed by atoms with E-state index >= 15 is 0 Å². The molecule has 3 rings (SSSR count). The highest BCUT2D eigenvalue weighted by molar-refractivity contribution is 5.44. The number of likely N-dealkylation sites (tertiary alicyclic amines) is 1. The number of phenolic OH excluding ortho intramolecular Hbond substituents is 1. The van der Waals surface area contributed by atoms with Gasteiger partial charge in [-0.3, -0.25) is 4.90 Å². The van der Waals surface area contributed by atoms with E-state index in [2.05, 4.69) is 18.7 Å². The Hall–Kier alpha value is -1.26. The molecule has 0 aromatic heterocycles. The maximum Gasteiger partial charge on any atom is 0.128 e. The summed E-state index contributed by atoms with van der Waals surface area (Å²) in [4.78, 5) is 2.54. The van der Waals surface area contributed by atoms with Crippen LogP contribution in [0.1, 0.15) is 44.7 Å². The van der Waals surface area contributed by atoms with Gasteiger partial charge in [-0.05, 0) is 32.8 Å². The molecule has 0 radical (unpaired) electrons. The summed E-state index contributed by atoms with van der Waals surface area (Å²) in [7, 11) is 1.80. The zero-order chi connectivity index (χ0) is 15.0. The van der Waals surface area contributed by atoms with Gasteiger partial charge in [0.1, 0.15) is 17.1 Å². The van der Waals surface area contributed by atoms with Gasteiger partial charge in [-0.1, -0.05) is 6.07 Å². The van der Waals surface area contributed by atoms with E-state index < -0.39 is 0 Å². The van der Waals surface area contributed by atoms with Gasteiger partial charge in [0.15, 0.2) is 0 Å². The van der Waals surface area contributed by atoms with Gasteiger partial charge in [-0.25, -0.2) is 0 Å². The van der Waals surface area contributed by atoms with Crippen LogP contribution in [0.15, 0.2) is 18.2 Å². The van der Waals surface area contributed by atoms with Crippen molar-refractivity contribution in [2.75, 3.05) is 20.2 Å². The monoisotopic (exact) mass is 291 g/mol. The molecule has 4 heteroatoms. The lowest BCUT2D eigenvalue weighted by molar-refractivity contribution is -0.00743. The SMILES string of the molecule is COC1CCN(C2CC(C)(C)Oc3cc(O)ccc32)CC1. The fourth-order valence-electron chi connectivity index (χ4n) is 3.55. The van der Waals surface area contributed by atoms with Crippen molar-refractivity contribution in [2.24, 2.45) is 0 Å². The Kier molecular flexibility index (Phi) is 3.84. The Morgan fingerprint density at radius 2 is 2.00 bits per heavy atom. The molecule has 1 saturated heterocycles. The Morgan fingerprint density at radius 1 is 1.29 bits per heavy atom. The van der Waals surface area contributed by atoms with E-state index in [4.69, 9.17) is 9.47 Å². The number of piperidine rings is 1. The highest BCUT2D eigenvalue weighted by atomic mass is 16.5. The molecule has 116 valence electrons. The summed E-state index contributed by atoms with van der Waals surface area (Å²) in [6.07, 6.45) is 3.54. The molecule has 21 heavy (non-hydrogen) atoms. The second-order valence-electron chi connectivity index (χ2n) is 6.77. The Bertz CT molecular complexity index is 507. The summed E-state index contributed by atoms with van der Waals surface area (Å²) in [5.74, 6) is 1.09. The number of methoxy groups -OCH3 is 1. The van der Waals surface area contributed by atoms with Crippen molar-refractivity contribution in [1.82, 2.24) is 4.90 Å². The highest BCUT2D eigenvalue weighted by Crippen LogP contribution is 2.44. The maximum atomic E-state index is 9.71. The number of hydrogen-bond donors (Lipinski definition) is 1. The van der Waals surface area contributed by atoms with Crippen molar-refractivity contribution in [3.63, 3.8) is 0 Å². The van der Waals surface area contributed by atoms with E-state index in [0.717, 1.165) is 38.1 Å². The quantitative estimate of drug-likeness (QED) is 0.909. The standard InChI is InChI=1S/C17H25NO3/c1-17(2)11-15(18-8-6-13(20-3)7-9-18)14-5-4-12(19)10-16(14)21-17/h4-5,10,13,15,19H,6-9,11H2,1-3H3. The molecule has 1 N–H and O–H groups in total. The first-order valence-electron chi connectivity index (χ1n) is 7.77. The Labute approximate surface area is 126 Å². The van der Waals surface area contributed by atoms with Crippen LogP contribution in [-0.2, 0) is 4.74 Å². The van der Waals surface area contributed by atoms with Crippen molar-refractivity contribution < 1.29 is 14.6 Å². The first-order valence-corrected chi connectivity index (χ1v) is 7.77. The lowest BCUT2D eigenvalue weighted by Gasteiger charge is -2.44. The molecule has 2 aliphatic rings. The summed E-state index contributed by atoms with van der Waals surface area (Å²) in [6, 6.07) is 5.87. The van der Waals surface area contributed by atoms with Crippen molar-refractivity contribution in [2.45, 2.75) is 50.9 Å². The molecule has 0 saturated carbocycles. The van der Waals surface area contributed by atoms with E-state index in [0.29, 0.717) is 12.1 Å². The smallest absolute Gasteiger partial charge is 0.128 e. The number of benzene rings is 1. The molecule has 0 bridgehead atoms. The molecule has 1 aromatic rings. The van der Waals surface area contributed by atoms with Crippen LogP contribution in [0.2, 0.25) is 0 Å². The number of nitrogens with zero attached hydrogens (tertiary/aromatic N) is 1. The van der Waals surface area contributed by atoms with Gasteiger partial charge < -0.3 is 14.6 Å². The number of rotatable bonds is 2. The molecule has 0 spiro atoms. The van der Waals surface area contributed by atoms with Crippen molar-refractivity contribution in [3.05, 3.63) is 23.8 Å². The van der Waals surface area contributed by atoms with Crippen LogP contribution in [0.3, 0.4) is 0 Å². The van der Waals surface area contributed by atoms with Gasteiger partial charge in [0.25, 0.3) is 0 Å². The maximum absolute atomic E-state index is 9.71. The summed E-state index contributed by atoms with van der Waals surface area (Å²) < 4.78 is 11.5. The van der Waals surface area contributed by atoms with Gasteiger partial charge in [-0.15, -0.1) is 0 Å². The summed E-state index contributed by atoms with van der Waals surface area (Å²) in [6.45, 7) is 6.35. The van der Waals surface area contributed by atoms with Gasteiger partial charge in [0.2, 0.25) is 0 Å². The van der Waals surface area contributed by atoms with Crippen molar-refractivity contribution in [1.29, 1.82) is 0 Å². The average molecular weight is 291 g/mol. The molecule has 2 aliphatic heterocycles. The van der Waals surface area contributed by atoms with E-state index in [1.807, 2.05) is 6.07 Å². The van der Waals surface area contributed by atoms with E-state index in [1.54, 1.807) is 19.2 Å². The minimum atomic E-state index is -0.205. The average Bonchev–Trinajstić information content (AvgIpc) is 2.45. The second-order valence-corrected chi connectivity index (χ2v) is 6.77. The second kappa shape index (κ2) is 5.50. The number of phenols is 1. The third kappa shape index (κ3) is 3.01. The van der Waals surface area contributed by atoms with Crippen molar-refractivity contribution in [3.8, 4) is 11.5 Å². The molecule has 1 atom stereocenters. The lowest BCUT2D eigenvalue weighted by atomic mass is 9.87. The largest absolute Gasteiger partial charge is 0.508 e. The molecule has 0 amide bonds. The van der Waals surface area contributed by atoms with Crippen LogP contribution in [0, 0.1) is 0 Å². The summed E-state index contributed by atoms with van der Waals surface area (Å²) in [5.41, 5.74) is 0.992. The molecule has 1 unspecified atom stereocenters. The number of hydrogen-bond acceptors (Lipinski definition) is 4. The number of ether oxygens (including phenoxy) is 2. The topological polar surface area (TPSA) is 41.9 Å². The Balaban J connectivity index is 1.85. The fraction of sp³-hybridized carbons (Fsp3) is 0.647. The zero-order valence-corrected chi connectivity index (χ0v) is 13.1. The lowest BCUT2D eigenvalue weighted by Crippen LogP contribution is -2.45. The van der Waals surface area contributed by atoms with Crippen LogP contribution >= 0.6 is 0 Å². The molecule has 1 aromatic carbocycles. The molecule has 1 fully saturated rings. The van der Waals surface area contributed by atoms with Gasteiger partial charge in [0, 0.05) is 44.3 Å². The third-order valence-corrected chi connectivity index (χ3v) is 4.68. The molecular weight excluding hydrogens is 266 g/mol. The van der Waals surface area contributed by atoms with E-state index in [9.17, 15) is 5.11 Å². The fourth-order valence-corrected chi connectivity index (χ4v) is 3.55. The molecule has 0 aliphatic carbocycles. The molecular formula is C17H25NO3. The predicted molar refractivity (Wildman–Crippen MR) is 81.8 cm³/mol. The van der Waals surface area contributed by atoms with Crippen molar-refractivity contribution >= 4 is 0 Å². The van der Waals surface area contributed by atoms with Crippen LogP contribution < -0.4 is 4.74 Å². The molecule has 2 heterocycles. The normalized spacial score (nSPS) is 26.1. The van der Waals surface area contributed by atoms with Crippen LogP contribution in [0.25, 0.3) is 0 Å². The highest BCUT2D eigenvalue weighted by Gasteiger charge is 2.38. The summed E-state index contributed by atoms with van der Waals surface area (Å²) in [5, 5.41) is 9.71. The first kappa shape index (κ1) is 14.7. The summed E-state index contributed by atoms with van der Waals surface area (Å²) >= 11 is 0. The van der Waals surface area contributed by atoms with E-state index in [-0.39, 0.29) is 11.4 Å². The van der Waals surface area contributed by atoms with Crippen LogP contribution in [0.4, 0.5) is 0 Å². The van der Waals surface area contributed by atoms with Crippen LogP contribution in [0.5, 0.6) is 11.5 Å².